The molecule has 118 valence electrons. The van der Waals surface area contributed by atoms with Crippen molar-refractivity contribution in [2.45, 2.75) is 52.0 Å². The molecule has 1 fully saturated rings. The Morgan fingerprint density at radius 2 is 2.19 bits per heavy atom. The van der Waals surface area contributed by atoms with E-state index < -0.39 is 0 Å². The largest absolute Gasteiger partial charge is 0.477 e. The number of anilines is 1. The molecule has 0 aromatic carbocycles. The van der Waals surface area contributed by atoms with Crippen molar-refractivity contribution < 1.29 is 4.74 Å². The second kappa shape index (κ2) is 8.82. The Balaban J connectivity index is 2.02. The van der Waals surface area contributed by atoms with E-state index in [-0.39, 0.29) is 0 Å². The topological polar surface area (TPSA) is 50.3 Å². The van der Waals surface area contributed by atoms with E-state index in [1.54, 1.807) is 6.20 Å². The molecule has 5 heteroatoms. The third-order valence-electron chi connectivity index (χ3n) is 3.78. The minimum Gasteiger partial charge on any atom is -0.477 e. The summed E-state index contributed by atoms with van der Waals surface area (Å²) in [5.41, 5.74) is 0. The Kier molecular flexibility index (Phi) is 6.73. The van der Waals surface area contributed by atoms with Gasteiger partial charge < -0.3 is 15.0 Å². The molecule has 1 aliphatic rings. The van der Waals surface area contributed by atoms with Gasteiger partial charge >= 0.3 is 0 Å². The maximum absolute atomic E-state index is 5.60. The molecule has 0 spiro atoms. The highest BCUT2D eigenvalue weighted by Gasteiger charge is 2.23. The predicted octanol–water partition coefficient (Wildman–Crippen LogP) is 2.62. The molecule has 1 aromatic rings. The number of piperidine rings is 1. The van der Waals surface area contributed by atoms with Crippen LogP contribution in [0.1, 0.15) is 46.0 Å². The minimum absolute atomic E-state index is 0.515. The lowest BCUT2D eigenvalue weighted by molar-refractivity contribution is 0.303. The van der Waals surface area contributed by atoms with E-state index in [0.717, 1.165) is 31.9 Å². The monoisotopic (exact) mass is 292 g/mol. The fourth-order valence-electron chi connectivity index (χ4n) is 2.71. The Morgan fingerprint density at radius 1 is 1.29 bits per heavy atom. The molecule has 0 bridgehead atoms. The first kappa shape index (κ1) is 16.0. The molecule has 1 aromatic heterocycles. The first-order chi connectivity index (χ1) is 10.3. The second-order valence-corrected chi connectivity index (χ2v) is 5.61. The molecule has 2 rings (SSSR count). The van der Waals surface area contributed by atoms with Crippen LogP contribution in [0.15, 0.2) is 12.4 Å². The molecule has 1 aliphatic heterocycles. The molecule has 2 heterocycles. The van der Waals surface area contributed by atoms with Crippen LogP contribution in [-0.4, -0.2) is 42.3 Å². The molecule has 5 nitrogen and oxygen atoms in total. The lowest BCUT2D eigenvalue weighted by Gasteiger charge is -2.36. The molecular formula is C16H28N4O. The van der Waals surface area contributed by atoms with Gasteiger partial charge in [0.2, 0.25) is 5.88 Å². The van der Waals surface area contributed by atoms with E-state index in [2.05, 4.69) is 34.0 Å². The molecule has 1 atom stereocenters. The number of nitrogens with one attached hydrogen (secondary N) is 1. The highest BCUT2D eigenvalue weighted by molar-refractivity contribution is 5.39. The summed E-state index contributed by atoms with van der Waals surface area (Å²) in [6.07, 6.45) is 9.47. The van der Waals surface area contributed by atoms with Crippen molar-refractivity contribution in [2.75, 3.05) is 31.1 Å². The van der Waals surface area contributed by atoms with Crippen molar-refractivity contribution in [3.63, 3.8) is 0 Å². The number of ether oxygens (including phenoxy) is 1. The maximum atomic E-state index is 5.60. The number of nitrogens with zero attached hydrogens (tertiary/aromatic N) is 3. The van der Waals surface area contributed by atoms with Gasteiger partial charge in [-0.3, -0.25) is 4.98 Å². The SMILES string of the molecule is CCCNCC1CCCCN1c1cncc(OCCC)n1. The quantitative estimate of drug-likeness (QED) is 0.746. The highest BCUT2D eigenvalue weighted by Crippen LogP contribution is 2.23. The summed E-state index contributed by atoms with van der Waals surface area (Å²) in [6.45, 7) is 8.15. The molecular weight excluding hydrogens is 264 g/mol. The third kappa shape index (κ3) is 4.84. The van der Waals surface area contributed by atoms with E-state index in [9.17, 15) is 0 Å². The van der Waals surface area contributed by atoms with Gasteiger partial charge in [0.1, 0.15) is 0 Å². The first-order valence-electron chi connectivity index (χ1n) is 8.27. The summed E-state index contributed by atoms with van der Waals surface area (Å²) >= 11 is 0. The number of rotatable bonds is 8. The van der Waals surface area contributed by atoms with Gasteiger partial charge in [-0.1, -0.05) is 13.8 Å². The first-order valence-corrected chi connectivity index (χ1v) is 8.27. The summed E-state index contributed by atoms with van der Waals surface area (Å²) in [5.74, 6) is 1.59. The van der Waals surface area contributed by atoms with Crippen LogP contribution in [0.3, 0.4) is 0 Å². The molecule has 0 radical (unpaired) electrons. The van der Waals surface area contributed by atoms with Crippen LogP contribution >= 0.6 is 0 Å². The van der Waals surface area contributed by atoms with Gasteiger partial charge in [0.15, 0.2) is 5.82 Å². The minimum atomic E-state index is 0.515. The average Bonchev–Trinajstić information content (AvgIpc) is 2.54. The van der Waals surface area contributed by atoms with Gasteiger partial charge in [-0.2, -0.15) is 4.98 Å². The van der Waals surface area contributed by atoms with Crippen LogP contribution in [0, 0.1) is 0 Å². The fraction of sp³-hybridized carbons (Fsp3) is 0.750. The fourth-order valence-corrected chi connectivity index (χ4v) is 2.71. The summed E-state index contributed by atoms with van der Waals surface area (Å²) in [7, 11) is 0. The Bertz CT molecular complexity index is 413. The standard InChI is InChI=1S/C16H28N4O/c1-3-8-17-11-14-7-5-6-9-20(14)15-12-18-13-16(19-15)21-10-4-2/h12-14,17H,3-11H2,1-2H3. The van der Waals surface area contributed by atoms with E-state index >= 15 is 0 Å². The number of aromatic nitrogens is 2. The lowest BCUT2D eigenvalue weighted by atomic mass is 10.0. The van der Waals surface area contributed by atoms with Crippen LogP contribution in [-0.2, 0) is 0 Å². The molecule has 1 unspecified atom stereocenters. The second-order valence-electron chi connectivity index (χ2n) is 5.61. The van der Waals surface area contributed by atoms with Gasteiger partial charge in [0, 0.05) is 19.1 Å². The van der Waals surface area contributed by atoms with Crippen molar-refractivity contribution in [2.24, 2.45) is 0 Å². The normalized spacial score (nSPS) is 18.8. The molecule has 0 saturated carbocycles. The van der Waals surface area contributed by atoms with Crippen LogP contribution in [0.25, 0.3) is 0 Å². The van der Waals surface area contributed by atoms with E-state index in [0.29, 0.717) is 18.5 Å². The molecule has 0 amide bonds. The molecule has 21 heavy (non-hydrogen) atoms. The van der Waals surface area contributed by atoms with Crippen molar-refractivity contribution >= 4 is 5.82 Å². The molecule has 0 aliphatic carbocycles. The van der Waals surface area contributed by atoms with Gasteiger partial charge in [0.05, 0.1) is 19.0 Å². The van der Waals surface area contributed by atoms with Crippen molar-refractivity contribution in [1.82, 2.24) is 15.3 Å². The van der Waals surface area contributed by atoms with Gasteiger partial charge in [-0.05, 0) is 38.6 Å². The average molecular weight is 292 g/mol. The van der Waals surface area contributed by atoms with Crippen LogP contribution in [0.4, 0.5) is 5.82 Å². The summed E-state index contributed by atoms with van der Waals surface area (Å²) in [5, 5.41) is 3.53. The Labute approximate surface area is 128 Å². The van der Waals surface area contributed by atoms with Crippen LogP contribution < -0.4 is 15.0 Å². The van der Waals surface area contributed by atoms with Crippen molar-refractivity contribution in [1.29, 1.82) is 0 Å². The number of hydrogen-bond acceptors (Lipinski definition) is 5. The Morgan fingerprint density at radius 3 is 3.00 bits per heavy atom. The Hall–Kier alpha value is -1.36. The zero-order chi connectivity index (χ0) is 14.9. The van der Waals surface area contributed by atoms with Gasteiger partial charge in [0.25, 0.3) is 0 Å². The van der Waals surface area contributed by atoms with E-state index in [1.807, 2.05) is 6.20 Å². The summed E-state index contributed by atoms with van der Waals surface area (Å²) in [6, 6.07) is 0.515. The zero-order valence-electron chi connectivity index (χ0n) is 13.3. The van der Waals surface area contributed by atoms with Gasteiger partial charge in [-0.25, -0.2) is 0 Å². The molecule has 1 N–H and O–H groups in total. The smallest absolute Gasteiger partial charge is 0.234 e. The predicted molar refractivity (Wildman–Crippen MR) is 86.0 cm³/mol. The van der Waals surface area contributed by atoms with E-state index in [4.69, 9.17) is 4.74 Å². The number of hydrogen-bond donors (Lipinski definition) is 1. The highest BCUT2D eigenvalue weighted by atomic mass is 16.5. The van der Waals surface area contributed by atoms with Crippen molar-refractivity contribution in [3.05, 3.63) is 12.4 Å². The summed E-state index contributed by atoms with van der Waals surface area (Å²) < 4.78 is 5.60. The van der Waals surface area contributed by atoms with Crippen LogP contribution in [0.2, 0.25) is 0 Å². The maximum Gasteiger partial charge on any atom is 0.234 e. The zero-order valence-corrected chi connectivity index (χ0v) is 13.3. The van der Waals surface area contributed by atoms with Crippen LogP contribution in [0.5, 0.6) is 5.88 Å². The van der Waals surface area contributed by atoms with Crippen molar-refractivity contribution in [3.8, 4) is 5.88 Å². The van der Waals surface area contributed by atoms with E-state index in [1.165, 1.54) is 25.7 Å². The lowest BCUT2D eigenvalue weighted by Crippen LogP contribution is -2.46. The molecule has 1 saturated heterocycles. The van der Waals surface area contributed by atoms with Gasteiger partial charge in [-0.15, -0.1) is 0 Å². The summed E-state index contributed by atoms with van der Waals surface area (Å²) in [4.78, 5) is 11.3. The third-order valence-corrected chi connectivity index (χ3v) is 3.78.